The predicted octanol–water partition coefficient (Wildman–Crippen LogP) is -9.28. The molecule has 1 aromatic carbocycles. The van der Waals surface area contributed by atoms with E-state index in [0.717, 1.165) is 6.92 Å². The van der Waals surface area contributed by atoms with E-state index in [1.807, 2.05) is 10.6 Å². The van der Waals surface area contributed by atoms with Crippen LogP contribution in [0.15, 0.2) is 18.2 Å². The van der Waals surface area contributed by atoms with Gasteiger partial charge >= 0.3 is 11.9 Å². The number of aromatic hydroxyl groups is 2. The summed E-state index contributed by atoms with van der Waals surface area (Å²) in [6.45, 7) is 3.45. The van der Waals surface area contributed by atoms with Crippen LogP contribution in [-0.4, -0.2) is 247 Å². The van der Waals surface area contributed by atoms with E-state index >= 15 is 0 Å². The van der Waals surface area contributed by atoms with Crippen LogP contribution in [0.4, 0.5) is 11.5 Å². The molecule has 2 aromatic rings. The standard InChI is InChI=1S/C59H86N18O24/c1-25(48(88)65-26(2)49(89)67-28(4)52(92)73-33-10-8-18-76(101)58(33)98)66-50(90)27(3)68-55(95)35(24-78)74-54(94)32(11-12-40(61)81)72-57(97)45(46(87)59(99)100)75-43(84)23-63-42(83)22-64-53(93)31(9-6-7-16-60)71-51(91)29(5)69-56(96)36-15-17-62-47-34(70-41(82)13-14-44(85)86)19-30-20-38(79)39(80)21-37(30)77(36)47/h19-21,25-29,31-33,35-36,45-46,78,87,101H,6-18,22-24,60H2,1-5H3,(H19,61,62,63,64,65,66,67,68,69,70,71,72,73,74,75,79,80,81,82,83,84,85,86,88,89,90,91,92,93,94,95,96,97,99,100)/p+1. The monoisotopic (exact) mass is 1430 g/mol. The first-order chi connectivity index (χ1) is 47.5. The molecule has 42 nitrogen and oxygen atoms in total. The van der Waals surface area contributed by atoms with E-state index < -0.39 is 230 Å². The molecular weight excluding hydrogens is 1340 g/mol. The van der Waals surface area contributed by atoms with E-state index in [1.54, 1.807) is 0 Å². The lowest BCUT2D eigenvalue weighted by atomic mass is 10.0. The number of hydrogen-bond donors (Lipinski definition) is 23. The molecule has 4 rings (SSSR count). The molecular formula is C59H87N18O24+. The highest BCUT2D eigenvalue weighted by atomic mass is 16.5. The lowest BCUT2D eigenvalue weighted by Gasteiger charge is -2.29. The lowest BCUT2D eigenvalue weighted by Crippen LogP contribution is -2.62. The molecule has 15 amide bonds. The van der Waals surface area contributed by atoms with Gasteiger partial charge in [-0.15, -0.1) is 0 Å². The number of carbonyl (C=O) groups is 17. The fourth-order valence-corrected chi connectivity index (χ4v) is 9.90. The van der Waals surface area contributed by atoms with Crippen molar-refractivity contribution in [2.24, 2.45) is 11.5 Å². The Bertz CT molecular complexity index is 3490. The third kappa shape index (κ3) is 25.0. The van der Waals surface area contributed by atoms with E-state index in [2.05, 4.69) is 63.8 Å². The number of hydrogen-bond acceptors (Lipinski definition) is 24. The van der Waals surface area contributed by atoms with Crippen LogP contribution < -0.4 is 90.5 Å². The van der Waals surface area contributed by atoms with Crippen LogP contribution >= 0.6 is 0 Å². The van der Waals surface area contributed by atoms with Crippen molar-refractivity contribution in [1.29, 1.82) is 0 Å². The molecule has 3 heterocycles. The number of piperidine rings is 1. The topological polar surface area (TPSA) is 659 Å². The molecule has 2 aliphatic heterocycles. The number of carboxylic acids is 2. The van der Waals surface area contributed by atoms with Crippen molar-refractivity contribution >= 4 is 123 Å². The average molecular weight is 1430 g/mol. The van der Waals surface area contributed by atoms with Crippen LogP contribution in [0.2, 0.25) is 0 Å². The Hall–Kier alpha value is -11.1. The Morgan fingerprint density at radius 2 is 1.14 bits per heavy atom. The molecule has 42 heteroatoms. The molecule has 0 radical (unpaired) electrons. The van der Waals surface area contributed by atoms with Gasteiger partial charge in [0.25, 0.3) is 17.6 Å². The first kappa shape index (κ1) is 82.3. The number of amides is 15. The first-order valence-electron chi connectivity index (χ1n) is 31.8. The van der Waals surface area contributed by atoms with Gasteiger partial charge in [-0.1, -0.05) is 0 Å². The number of anilines is 2. The van der Waals surface area contributed by atoms with E-state index in [-0.39, 0.29) is 67.7 Å². The summed E-state index contributed by atoms with van der Waals surface area (Å²) in [5.74, 6) is -19.5. The average Bonchev–Trinajstić information content (AvgIpc) is 0.749. The first-order valence-corrected chi connectivity index (χ1v) is 31.8. The molecule has 1 fully saturated rings. The summed E-state index contributed by atoms with van der Waals surface area (Å²) in [4.78, 5) is 219. The van der Waals surface area contributed by atoms with Gasteiger partial charge in [-0.05, 0) is 91.8 Å². The molecule has 0 saturated carbocycles. The molecule has 12 unspecified atom stereocenters. The smallest absolute Gasteiger partial charge is 0.335 e. The zero-order chi connectivity index (χ0) is 75.7. The summed E-state index contributed by atoms with van der Waals surface area (Å²) in [6, 6.07) is -12.9. The summed E-state index contributed by atoms with van der Waals surface area (Å²) in [6.07, 6.45) is -3.74. The number of nitrogens with one attached hydrogen (secondary N) is 14. The second kappa shape index (κ2) is 38.9. The summed E-state index contributed by atoms with van der Waals surface area (Å²) in [5, 5.41) is 103. The number of carbonyl (C=O) groups excluding carboxylic acids is 15. The minimum atomic E-state index is -2.78. The minimum Gasteiger partial charge on any atom is -0.504 e. The van der Waals surface area contributed by atoms with E-state index in [4.69, 9.17) is 16.6 Å². The van der Waals surface area contributed by atoms with Crippen LogP contribution in [0.3, 0.4) is 0 Å². The Labute approximate surface area is 574 Å². The van der Waals surface area contributed by atoms with Crippen LogP contribution in [0.5, 0.6) is 11.5 Å². The number of aliphatic hydroxyl groups excluding tert-OH is 2. The summed E-state index contributed by atoms with van der Waals surface area (Å²) >= 11 is 0. The SMILES string of the molecule is CC(NC(=O)C(C)NC(=O)C(C)NC(=O)C(CO)NC(=O)C(CCC(N)=O)NC(=O)C(NC(=O)CNC(=O)CNC(=O)C(CCCCN)NC(=O)C(C)NC(=O)C1CCNc2c(NC(=O)CCC(=O)O)cc3cc(O)c(O)cc3[n+]21)C(O)C(=O)O)C(=O)NC(C)C(=O)NC1CCCN(O)C1=O. The molecule has 0 aliphatic carbocycles. The molecule has 0 bridgehead atoms. The van der Waals surface area contributed by atoms with Gasteiger partial charge < -0.3 is 111 Å². The number of carboxylic acid groups (broad SMARTS) is 2. The van der Waals surface area contributed by atoms with Gasteiger partial charge in [-0.3, -0.25) is 87.2 Å². The zero-order valence-electron chi connectivity index (χ0n) is 55.6. The molecule has 101 heavy (non-hydrogen) atoms. The van der Waals surface area contributed by atoms with Crippen molar-refractivity contribution in [2.45, 2.75) is 171 Å². The second-order valence-electron chi connectivity index (χ2n) is 23.6. The fraction of sp³-hybridized carbons (Fsp3) is 0.559. The molecule has 556 valence electrons. The summed E-state index contributed by atoms with van der Waals surface area (Å²) in [7, 11) is 0. The number of rotatable bonds is 38. The Morgan fingerprint density at radius 3 is 1.72 bits per heavy atom. The number of nitrogens with two attached hydrogens (primary N) is 2. The number of primary amides is 1. The van der Waals surface area contributed by atoms with Gasteiger partial charge in [0.15, 0.2) is 23.6 Å². The van der Waals surface area contributed by atoms with Crippen LogP contribution in [-0.2, 0) is 81.5 Å². The molecule has 0 spiro atoms. The maximum atomic E-state index is 14.1. The number of hydroxylamine groups is 2. The normalized spacial score (nSPS) is 16.9. The summed E-state index contributed by atoms with van der Waals surface area (Å²) < 4.78 is 1.41. The Kier molecular flexibility index (Phi) is 31.7. The number of aliphatic carboxylic acids is 2. The van der Waals surface area contributed by atoms with E-state index in [1.165, 1.54) is 50.5 Å². The zero-order valence-corrected chi connectivity index (χ0v) is 55.6. The quantitative estimate of drug-likeness (QED) is 0.0128. The van der Waals surface area contributed by atoms with Gasteiger partial charge in [0.1, 0.15) is 71.6 Å². The number of unbranched alkanes of at least 4 members (excludes halogenated alkanes) is 1. The van der Waals surface area contributed by atoms with Crippen molar-refractivity contribution < 1.29 is 122 Å². The van der Waals surface area contributed by atoms with E-state index in [9.17, 15) is 112 Å². The van der Waals surface area contributed by atoms with Crippen molar-refractivity contribution in [3.8, 4) is 11.5 Å². The largest absolute Gasteiger partial charge is 0.504 e. The molecule has 25 N–H and O–H groups in total. The van der Waals surface area contributed by atoms with Crippen LogP contribution in [0.1, 0.15) is 105 Å². The highest BCUT2D eigenvalue weighted by molar-refractivity contribution is 6.01. The maximum Gasteiger partial charge on any atom is 0.335 e. The Balaban J connectivity index is 1.33. The minimum absolute atomic E-state index is 0.0528. The third-order valence-electron chi connectivity index (χ3n) is 15.6. The summed E-state index contributed by atoms with van der Waals surface area (Å²) in [5.41, 5.74) is 11.2. The maximum absolute atomic E-state index is 14.1. The highest BCUT2D eigenvalue weighted by Crippen LogP contribution is 2.35. The van der Waals surface area contributed by atoms with Crippen molar-refractivity contribution in [2.75, 3.05) is 50.0 Å². The number of aromatic nitrogens is 1. The molecule has 2 aliphatic rings. The molecule has 12 atom stereocenters. The number of pyridine rings is 1. The number of nitrogens with zero attached hydrogens (tertiary/aromatic N) is 2. The number of phenols is 2. The molecule has 1 saturated heterocycles. The Morgan fingerprint density at radius 1 is 0.604 bits per heavy atom. The predicted molar refractivity (Wildman–Crippen MR) is 344 cm³/mol. The number of fused-ring (bicyclic) bond motifs is 3. The third-order valence-corrected chi connectivity index (χ3v) is 15.6. The van der Waals surface area contributed by atoms with Gasteiger partial charge in [0.2, 0.25) is 76.8 Å². The van der Waals surface area contributed by atoms with Gasteiger partial charge in [0.05, 0.1) is 32.7 Å². The van der Waals surface area contributed by atoms with E-state index in [0.29, 0.717) is 17.9 Å². The van der Waals surface area contributed by atoms with Gasteiger partial charge in [0, 0.05) is 37.3 Å². The molecule has 1 aromatic heterocycles. The van der Waals surface area contributed by atoms with Gasteiger partial charge in [-0.25, -0.2) is 14.4 Å². The fourth-order valence-electron chi connectivity index (χ4n) is 9.90. The van der Waals surface area contributed by atoms with Crippen molar-refractivity contribution in [1.82, 2.24) is 68.9 Å². The number of benzene rings is 1. The highest BCUT2D eigenvalue weighted by Gasteiger charge is 2.40. The second-order valence-corrected chi connectivity index (χ2v) is 23.6. The van der Waals surface area contributed by atoms with Crippen LogP contribution in [0, 0.1) is 0 Å². The number of aliphatic hydroxyl groups is 2. The van der Waals surface area contributed by atoms with Gasteiger partial charge in [-0.2, -0.15) is 0 Å². The lowest BCUT2D eigenvalue weighted by molar-refractivity contribution is -0.674. The van der Waals surface area contributed by atoms with Crippen molar-refractivity contribution in [3.05, 3.63) is 18.2 Å². The van der Waals surface area contributed by atoms with Crippen molar-refractivity contribution in [3.63, 3.8) is 0 Å². The number of phenolic OH excluding ortho intramolecular Hbond substituents is 2. The van der Waals surface area contributed by atoms with Crippen LogP contribution in [0.25, 0.3) is 10.9 Å².